The predicted molar refractivity (Wildman–Crippen MR) is 80.8 cm³/mol. The Hall–Kier alpha value is -0.160. The van der Waals surface area contributed by atoms with Gasteiger partial charge in [0.05, 0.1) is 6.17 Å². The zero-order chi connectivity index (χ0) is 13.8. The molecule has 4 nitrogen and oxygen atoms in total. The molecule has 0 aromatic carbocycles. The van der Waals surface area contributed by atoms with Gasteiger partial charge in [0.1, 0.15) is 0 Å². The van der Waals surface area contributed by atoms with Crippen molar-refractivity contribution in [1.82, 2.24) is 15.1 Å². The van der Waals surface area contributed by atoms with E-state index in [4.69, 9.17) is 5.73 Å². The van der Waals surface area contributed by atoms with Crippen molar-refractivity contribution in [2.24, 2.45) is 5.73 Å². The van der Waals surface area contributed by atoms with E-state index in [1.54, 1.807) is 0 Å². The lowest BCUT2D eigenvalue weighted by Gasteiger charge is -2.22. The highest BCUT2D eigenvalue weighted by molar-refractivity contribution is 4.63. The monoisotopic (exact) mass is 258 g/mol. The fraction of sp³-hybridized carbons (Fsp3) is 1.00. The lowest BCUT2D eigenvalue weighted by Crippen LogP contribution is -2.41. The van der Waals surface area contributed by atoms with Crippen LogP contribution in [0.2, 0.25) is 0 Å². The van der Waals surface area contributed by atoms with Crippen LogP contribution in [0.25, 0.3) is 0 Å². The summed E-state index contributed by atoms with van der Waals surface area (Å²) in [5.74, 6) is 0. The smallest absolute Gasteiger partial charge is 0.0558 e. The molecule has 0 saturated carbocycles. The van der Waals surface area contributed by atoms with Crippen molar-refractivity contribution in [2.45, 2.75) is 46.7 Å². The van der Waals surface area contributed by atoms with Crippen molar-refractivity contribution in [3.8, 4) is 0 Å². The molecule has 4 heteroatoms. The minimum absolute atomic E-state index is 0.141. The van der Waals surface area contributed by atoms with E-state index < -0.39 is 0 Å². The van der Waals surface area contributed by atoms with Crippen LogP contribution in [-0.2, 0) is 0 Å². The molecule has 0 amide bonds. The van der Waals surface area contributed by atoms with Gasteiger partial charge < -0.3 is 20.9 Å². The second-order valence-corrected chi connectivity index (χ2v) is 4.76. The molecule has 0 aromatic heterocycles. The maximum absolute atomic E-state index is 6.06. The van der Waals surface area contributed by atoms with E-state index in [0.29, 0.717) is 0 Å². The minimum atomic E-state index is 0.141. The van der Waals surface area contributed by atoms with E-state index in [2.05, 4.69) is 42.8 Å². The molecule has 0 saturated heterocycles. The van der Waals surface area contributed by atoms with Gasteiger partial charge in [-0.3, -0.25) is 0 Å². The fourth-order valence-corrected chi connectivity index (χ4v) is 2.09. The number of nitrogens with one attached hydrogen (secondary N) is 1. The topological polar surface area (TPSA) is 44.5 Å². The maximum atomic E-state index is 6.06. The van der Waals surface area contributed by atoms with E-state index in [1.807, 2.05) is 0 Å². The summed E-state index contributed by atoms with van der Waals surface area (Å²) >= 11 is 0. The van der Waals surface area contributed by atoms with Gasteiger partial charge in [-0.25, -0.2) is 0 Å². The highest BCUT2D eigenvalue weighted by Crippen LogP contribution is 1.94. The highest BCUT2D eigenvalue weighted by atomic mass is 15.1. The third-order valence-electron chi connectivity index (χ3n) is 3.60. The number of hydrogen-bond donors (Lipinski definition) is 2. The second-order valence-electron chi connectivity index (χ2n) is 4.76. The van der Waals surface area contributed by atoms with Crippen LogP contribution >= 0.6 is 0 Å². The molecule has 0 rings (SSSR count). The summed E-state index contributed by atoms with van der Waals surface area (Å²) in [5.41, 5.74) is 6.06. The lowest BCUT2D eigenvalue weighted by atomic mass is 10.3. The summed E-state index contributed by atoms with van der Waals surface area (Å²) in [4.78, 5) is 4.86. The largest absolute Gasteiger partial charge is 0.316 e. The molecule has 0 aliphatic carbocycles. The van der Waals surface area contributed by atoms with Gasteiger partial charge in [0.25, 0.3) is 0 Å². The first-order chi connectivity index (χ1) is 8.67. The van der Waals surface area contributed by atoms with Gasteiger partial charge in [-0.1, -0.05) is 27.7 Å². The van der Waals surface area contributed by atoms with E-state index in [-0.39, 0.29) is 6.17 Å². The zero-order valence-electron chi connectivity index (χ0n) is 12.9. The Bertz CT molecular complexity index is 167. The second kappa shape index (κ2) is 11.9. The van der Waals surface area contributed by atoms with Crippen LogP contribution in [0.1, 0.15) is 40.5 Å². The average molecular weight is 258 g/mol. The summed E-state index contributed by atoms with van der Waals surface area (Å²) in [6.45, 7) is 16.6. The van der Waals surface area contributed by atoms with Crippen molar-refractivity contribution < 1.29 is 0 Å². The molecule has 18 heavy (non-hydrogen) atoms. The molecule has 0 radical (unpaired) electrons. The van der Waals surface area contributed by atoms with Gasteiger partial charge in [0.2, 0.25) is 0 Å². The molecular weight excluding hydrogens is 224 g/mol. The Labute approximate surface area is 114 Å². The van der Waals surface area contributed by atoms with Gasteiger partial charge in [-0.2, -0.15) is 0 Å². The fourth-order valence-electron chi connectivity index (χ4n) is 2.09. The summed E-state index contributed by atoms with van der Waals surface area (Å²) in [7, 11) is 0. The Morgan fingerprint density at radius 3 is 1.89 bits per heavy atom. The van der Waals surface area contributed by atoms with Gasteiger partial charge in [0.15, 0.2) is 0 Å². The molecule has 0 aliphatic rings. The first-order valence-electron chi connectivity index (χ1n) is 7.61. The third kappa shape index (κ3) is 8.86. The quantitative estimate of drug-likeness (QED) is 0.409. The number of rotatable bonds is 12. The normalized spacial score (nSPS) is 13.5. The van der Waals surface area contributed by atoms with E-state index in [9.17, 15) is 0 Å². The Balaban J connectivity index is 3.49. The number of hydrogen-bond acceptors (Lipinski definition) is 4. The van der Waals surface area contributed by atoms with Gasteiger partial charge >= 0.3 is 0 Å². The highest BCUT2D eigenvalue weighted by Gasteiger charge is 2.05. The van der Waals surface area contributed by atoms with Crippen LogP contribution in [0.5, 0.6) is 0 Å². The first kappa shape index (κ1) is 17.8. The molecular formula is C14H34N4. The van der Waals surface area contributed by atoms with Crippen molar-refractivity contribution in [1.29, 1.82) is 0 Å². The van der Waals surface area contributed by atoms with Crippen LogP contribution in [-0.4, -0.2) is 61.8 Å². The molecule has 1 unspecified atom stereocenters. The van der Waals surface area contributed by atoms with Crippen LogP contribution < -0.4 is 11.1 Å². The minimum Gasteiger partial charge on any atom is -0.316 e. The lowest BCUT2D eigenvalue weighted by molar-refractivity contribution is 0.275. The molecule has 3 N–H and O–H groups in total. The molecule has 0 fully saturated rings. The van der Waals surface area contributed by atoms with Crippen LogP contribution in [0, 0.1) is 0 Å². The van der Waals surface area contributed by atoms with Gasteiger partial charge in [-0.15, -0.1) is 0 Å². The number of nitrogens with zero attached hydrogens (tertiary/aromatic N) is 2. The van der Waals surface area contributed by atoms with Crippen molar-refractivity contribution >= 4 is 0 Å². The summed E-state index contributed by atoms with van der Waals surface area (Å²) in [6.07, 6.45) is 2.36. The molecule has 0 aliphatic heterocycles. The van der Waals surface area contributed by atoms with E-state index in [1.165, 1.54) is 13.0 Å². The van der Waals surface area contributed by atoms with Crippen molar-refractivity contribution in [3.63, 3.8) is 0 Å². The molecule has 0 spiro atoms. The molecule has 1 atom stereocenters. The summed E-state index contributed by atoms with van der Waals surface area (Å²) in [6, 6.07) is 0. The average Bonchev–Trinajstić information content (AvgIpc) is 2.40. The predicted octanol–water partition coefficient (Wildman–Crippen LogP) is 1.32. The number of nitrogens with two attached hydrogens (primary N) is 1. The molecule has 0 bridgehead atoms. The molecule has 0 aromatic rings. The first-order valence-corrected chi connectivity index (χ1v) is 7.61. The Morgan fingerprint density at radius 1 is 0.889 bits per heavy atom. The van der Waals surface area contributed by atoms with Gasteiger partial charge in [-0.05, 0) is 52.1 Å². The van der Waals surface area contributed by atoms with Crippen molar-refractivity contribution in [2.75, 3.05) is 45.8 Å². The van der Waals surface area contributed by atoms with Crippen molar-refractivity contribution in [3.05, 3.63) is 0 Å². The third-order valence-corrected chi connectivity index (χ3v) is 3.60. The van der Waals surface area contributed by atoms with Crippen LogP contribution in [0.15, 0.2) is 0 Å². The van der Waals surface area contributed by atoms with E-state index in [0.717, 1.165) is 45.7 Å². The maximum Gasteiger partial charge on any atom is 0.0558 e. The summed E-state index contributed by atoms with van der Waals surface area (Å²) in [5, 5.41) is 3.41. The van der Waals surface area contributed by atoms with Crippen LogP contribution in [0.4, 0.5) is 0 Å². The standard InChI is InChI=1S/C14H34N4/c1-5-17(6-2)12-9-11-16-14(15)10-13-18(7-3)8-4/h14,16H,5-13,15H2,1-4H3. The molecule has 0 heterocycles. The Kier molecular flexibility index (Phi) is 11.8. The van der Waals surface area contributed by atoms with Gasteiger partial charge in [0, 0.05) is 6.54 Å². The molecule has 110 valence electrons. The van der Waals surface area contributed by atoms with Crippen LogP contribution in [0.3, 0.4) is 0 Å². The summed E-state index contributed by atoms with van der Waals surface area (Å²) < 4.78 is 0. The van der Waals surface area contributed by atoms with E-state index >= 15 is 0 Å². The zero-order valence-corrected chi connectivity index (χ0v) is 12.9. The Morgan fingerprint density at radius 2 is 1.39 bits per heavy atom. The SMILES string of the molecule is CCN(CC)CCCNC(N)CCN(CC)CC.